The molecule has 0 bridgehead atoms. The number of anilines is 2. The number of thiazole rings is 1. The molecule has 0 atom stereocenters. The summed E-state index contributed by atoms with van der Waals surface area (Å²) in [4.78, 5) is 28.9. The second-order valence-corrected chi connectivity index (χ2v) is 6.49. The Morgan fingerprint density at radius 2 is 2.04 bits per heavy atom. The number of nitrogens with one attached hydrogen (secondary N) is 1. The van der Waals surface area contributed by atoms with Gasteiger partial charge in [-0.15, -0.1) is 11.3 Å². The van der Waals surface area contributed by atoms with Crippen molar-refractivity contribution in [2.45, 2.75) is 0 Å². The van der Waals surface area contributed by atoms with Gasteiger partial charge in [0.1, 0.15) is 17.2 Å². The summed E-state index contributed by atoms with van der Waals surface area (Å²) in [5.41, 5.74) is 9.45. The van der Waals surface area contributed by atoms with Crippen LogP contribution in [0.15, 0.2) is 66.7 Å². The Labute approximate surface area is 159 Å². The summed E-state index contributed by atoms with van der Waals surface area (Å²) in [6.07, 6.45) is 6.21. The van der Waals surface area contributed by atoms with Crippen LogP contribution in [0.3, 0.4) is 0 Å². The molecule has 0 saturated carbocycles. The second kappa shape index (κ2) is 7.30. The third kappa shape index (κ3) is 3.65. The van der Waals surface area contributed by atoms with E-state index in [1.54, 1.807) is 24.5 Å². The molecule has 27 heavy (non-hydrogen) atoms. The highest BCUT2D eigenvalue weighted by Gasteiger charge is 2.11. The first-order valence-electron chi connectivity index (χ1n) is 8.04. The number of carbonyl (C=O) groups is 1. The number of rotatable bonds is 4. The zero-order valence-corrected chi connectivity index (χ0v) is 14.9. The molecule has 0 aliphatic heterocycles. The van der Waals surface area contributed by atoms with E-state index < -0.39 is 0 Å². The molecular weight excluding hydrogens is 360 g/mol. The minimum atomic E-state index is -0.214. The largest absolute Gasteiger partial charge is 0.383 e. The molecule has 0 unspecified atom stereocenters. The van der Waals surface area contributed by atoms with Gasteiger partial charge in [-0.3, -0.25) is 9.78 Å². The van der Waals surface area contributed by atoms with E-state index in [1.807, 2.05) is 29.6 Å². The van der Waals surface area contributed by atoms with Gasteiger partial charge in [-0.05, 0) is 24.3 Å². The van der Waals surface area contributed by atoms with Gasteiger partial charge >= 0.3 is 0 Å². The maximum absolute atomic E-state index is 12.3. The number of hydrogen-bond donors (Lipinski definition) is 2. The average Bonchev–Trinajstić information content (AvgIpc) is 3.19. The molecule has 0 fully saturated rings. The van der Waals surface area contributed by atoms with E-state index in [1.165, 1.54) is 23.9 Å². The summed E-state index contributed by atoms with van der Waals surface area (Å²) in [6, 6.07) is 10.9. The van der Waals surface area contributed by atoms with Crippen molar-refractivity contribution >= 4 is 28.7 Å². The lowest BCUT2D eigenvalue weighted by atomic mass is 10.1. The van der Waals surface area contributed by atoms with Crippen LogP contribution in [0, 0.1) is 0 Å². The van der Waals surface area contributed by atoms with E-state index in [-0.39, 0.29) is 5.91 Å². The lowest BCUT2D eigenvalue weighted by Crippen LogP contribution is -2.11. The maximum Gasteiger partial charge on any atom is 0.257 e. The van der Waals surface area contributed by atoms with Crippen molar-refractivity contribution in [1.29, 1.82) is 0 Å². The van der Waals surface area contributed by atoms with Crippen LogP contribution in [-0.4, -0.2) is 25.8 Å². The Morgan fingerprint density at radius 1 is 1.11 bits per heavy atom. The monoisotopic (exact) mass is 374 g/mol. The van der Waals surface area contributed by atoms with Crippen molar-refractivity contribution < 1.29 is 4.79 Å². The molecule has 4 aromatic rings. The first-order valence-corrected chi connectivity index (χ1v) is 8.92. The molecule has 1 aromatic carbocycles. The Hall–Kier alpha value is -3.65. The minimum absolute atomic E-state index is 0.214. The molecule has 4 rings (SSSR count). The number of nitrogens with zero attached hydrogens (tertiary/aromatic N) is 4. The third-order valence-electron chi connectivity index (χ3n) is 3.82. The number of hydrogen-bond acceptors (Lipinski definition) is 7. The molecule has 1 amide bonds. The van der Waals surface area contributed by atoms with Gasteiger partial charge in [0.05, 0.1) is 16.8 Å². The SMILES string of the molecule is Nc1ncncc1-c1nc(-c2cccc(NC(=O)c3cccnc3)c2)cs1. The van der Waals surface area contributed by atoms with Crippen molar-refractivity contribution in [3.05, 3.63) is 72.3 Å². The van der Waals surface area contributed by atoms with Crippen molar-refractivity contribution in [2.24, 2.45) is 0 Å². The second-order valence-electron chi connectivity index (χ2n) is 5.64. The molecule has 0 radical (unpaired) electrons. The quantitative estimate of drug-likeness (QED) is 0.566. The lowest BCUT2D eigenvalue weighted by Gasteiger charge is -2.06. The summed E-state index contributed by atoms with van der Waals surface area (Å²) in [5, 5.41) is 5.55. The zero-order chi connectivity index (χ0) is 18.6. The van der Waals surface area contributed by atoms with Crippen LogP contribution in [0.2, 0.25) is 0 Å². The van der Waals surface area contributed by atoms with Gasteiger partial charge in [0.15, 0.2) is 0 Å². The van der Waals surface area contributed by atoms with Gasteiger partial charge < -0.3 is 11.1 Å². The fraction of sp³-hybridized carbons (Fsp3) is 0. The molecule has 3 aromatic heterocycles. The summed E-state index contributed by atoms with van der Waals surface area (Å²) in [7, 11) is 0. The molecule has 7 nitrogen and oxygen atoms in total. The van der Waals surface area contributed by atoms with Gasteiger partial charge in [-0.2, -0.15) is 0 Å². The van der Waals surface area contributed by atoms with Crippen molar-refractivity contribution in [2.75, 3.05) is 11.1 Å². The molecule has 8 heteroatoms. The summed E-state index contributed by atoms with van der Waals surface area (Å²) in [6.45, 7) is 0. The number of nitrogens with two attached hydrogens (primary N) is 1. The molecule has 0 spiro atoms. The van der Waals surface area contributed by atoms with E-state index in [0.717, 1.165) is 16.3 Å². The van der Waals surface area contributed by atoms with Gasteiger partial charge in [-0.1, -0.05) is 12.1 Å². The molecular formula is C19H14N6OS. The number of aromatic nitrogens is 4. The van der Waals surface area contributed by atoms with Crippen LogP contribution in [0.5, 0.6) is 0 Å². The van der Waals surface area contributed by atoms with Crippen LogP contribution in [0.25, 0.3) is 21.8 Å². The van der Waals surface area contributed by atoms with Crippen LogP contribution in [-0.2, 0) is 0 Å². The van der Waals surface area contributed by atoms with Gasteiger partial charge in [-0.25, -0.2) is 15.0 Å². The van der Waals surface area contributed by atoms with Gasteiger partial charge in [0.25, 0.3) is 5.91 Å². The Morgan fingerprint density at radius 3 is 2.85 bits per heavy atom. The molecule has 0 saturated heterocycles. The highest BCUT2D eigenvalue weighted by molar-refractivity contribution is 7.13. The Bertz CT molecular complexity index is 1100. The van der Waals surface area contributed by atoms with Crippen molar-refractivity contribution in [3.63, 3.8) is 0 Å². The molecule has 3 heterocycles. The summed E-state index contributed by atoms with van der Waals surface area (Å²) >= 11 is 1.46. The van der Waals surface area contributed by atoms with E-state index in [4.69, 9.17) is 5.73 Å². The first-order chi connectivity index (χ1) is 13.2. The molecule has 3 N–H and O–H groups in total. The molecule has 132 valence electrons. The first kappa shape index (κ1) is 16.8. The van der Waals surface area contributed by atoms with Crippen LogP contribution >= 0.6 is 11.3 Å². The number of pyridine rings is 1. The lowest BCUT2D eigenvalue weighted by molar-refractivity contribution is 0.102. The third-order valence-corrected chi connectivity index (χ3v) is 4.69. The van der Waals surface area contributed by atoms with Crippen LogP contribution < -0.4 is 11.1 Å². The predicted molar refractivity (Wildman–Crippen MR) is 105 cm³/mol. The standard InChI is InChI=1S/C19H14N6OS/c20-17-15(9-22-11-23-17)19-25-16(10-27-19)12-3-1-5-14(7-12)24-18(26)13-4-2-6-21-8-13/h1-11H,(H,24,26)(H2,20,22,23). The fourth-order valence-corrected chi connectivity index (χ4v) is 3.34. The van der Waals surface area contributed by atoms with Crippen molar-refractivity contribution in [3.8, 4) is 21.8 Å². The summed E-state index contributed by atoms with van der Waals surface area (Å²) in [5.74, 6) is 0.178. The number of amides is 1. The summed E-state index contributed by atoms with van der Waals surface area (Å²) < 4.78 is 0. The van der Waals surface area contributed by atoms with E-state index >= 15 is 0 Å². The van der Waals surface area contributed by atoms with E-state index in [0.29, 0.717) is 22.6 Å². The van der Waals surface area contributed by atoms with Crippen LogP contribution in [0.4, 0.5) is 11.5 Å². The molecule has 0 aliphatic carbocycles. The van der Waals surface area contributed by atoms with E-state index in [9.17, 15) is 4.79 Å². The normalized spacial score (nSPS) is 10.5. The van der Waals surface area contributed by atoms with Crippen LogP contribution in [0.1, 0.15) is 10.4 Å². The number of nitrogen functional groups attached to an aromatic ring is 1. The van der Waals surface area contributed by atoms with Gasteiger partial charge in [0, 0.05) is 35.2 Å². The predicted octanol–water partition coefficient (Wildman–Crippen LogP) is 3.50. The van der Waals surface area contributed by atoms with E-state index in [2.05, 4.69) is 25.3 Å². The Balaban J connectivity index is 1.58. The van der Waals surface area contributed by atoms with Gasteiger partial charge in [0.2, 0.25) is 0 Å². The number of benzene rings is 1. The average molecular weight is 374 g/mol. The molecule has 0 aliphatic rings. The zero-order valence-electron chi connectivity index (χ0n) is 14.0. The highest BCUT2D eigenvalue weighted by atomic mass is 32.1. The Kier molecular flexibility index (Phi) is 4.54. The maximum atomic E-state index is 12.3. The fourth-order valence-electron chi connectivity index (χ4n) is 2.49. The van der Waals surface area contributed by atoms with Crippen molar-refractivity contribution in [1.82, 2.24) is 19.9 Å². The topological polar surface area (TPSA) is 107 Å². The minimum Gasteiger partial charge on any atom is -0.383 e. The highest BCUT2D eigenvalue weighted by Crippen LogP contribution is 2.31. The smallest absolute Gasteiger partial charge is 0.257 e. The number of carbonyl (C=O) groups excluding carboxylic acids is 1.